The van der Waals surface area contributed by atoms with Crippen molar-refractivity contribution in [1.29, 1.82) is 0 Å². The molecule has 176 valence electrons. The van der Waals surface area contributed by atoms with E-state index in [-0.39, 0.29) is 24.0 Å². The van der Waals surface area contributed by atoms with Crippen molar-refractivity contribution in [1.82, 2.24) is 29.7 Å². The van der Waals surface area contributed by atoms with Gasteiger partial charge in [-0.1, -0.05) is 12.1 Å². The average molecular weight is 475 g/mol. The quantitative estimate of drug-likeness (QED) is 0.310. The van der Waals surface area contributed by atoms with Gasteiger partial charge in [-0.15, -0.1) is 6.42 Å². The number of benzene rings is 1. The molecule has 5 heterocycles. The fourth-order valence-corrected chi connectivity index (χ4v) is 4.93. The second-order valence-electron chi connectivity index (χ2n) is 8.98. The molecular formula is C28H22N6O2. The summed E-state index contributed by atoms with van der Waals surface area (Å²) in [7, 11) is 0. The molecule has 1 aliphatic heterocycles. The number of carbonyl (C=O) groups excluding carboxylic acids is 2. The zero-order valence-electron chi connectivity index (χ0n) is 19.4. The van der Waals surface area contributed by atoms with Gasteiger partial charge in [-0.3, -0.25) is 9.59 Å². The van der Waals surface area contributed by atoms with Gasteiger partial charge in [0.15, 0.2) is 0 Å². The van der Waals surface area contributed by atoms with Crippen molar-refractivity contribution in [2.75, 3.05) is 13.1 Å². The first-order valence-corrected chi connectivity index (χ1v) is 11.8. The van der Waals surface area contributed by atoms with Gasteiger partial charge in [-0.2, -0.15) is 14.8 Å². The lowest BCUT2D eigenvalue weighted by atomic mass is 10.0. The number of hydrogen-bond acceptors (Lipinski definition) is 5. The number of aromatic amines is 1. The Bertz CT molecular complexity index is 1660. The Morgan fingerprint density at radius 3 is 2.78 bits per heavy atom. The number of rotatable bonds is 5. The summed E-state index contributed by atoms with van der Waals surface area (Å²) in [4.78, 5) is 34.5. The molecule has 1 saturated heterocycles. The lowest BCUT2D eigenvalue weighted by Gasteiger charge is -2.16. The van der Waals surface area contributed by atoms with Crippen LogP contribution in [0.15, 0.2) is 67.1 Å². The van der Waals surface area contributed by atoms with E-state index in [1.54, 1.807) is 41.3 Å². The first kappa shape index (κ1) is 21.7. The molecule has 1 amide bonds. The number of likely N-dealkylation sites (tertiary alicyclic amines) is 1. The molecule has 8 heteroatoms. The Balaban J connectivity index is 1.23. The summed E-state index contributed by atoms with van der Waals surface area (Å²) in [5, 5.41) is 9.66. The number of nitrogens with zero attached hydrogens (tertiary/aromatic N) is 5. The molecule has 1 unspecified atom stereocenters. The molecule has 0 spiro atoms. The van der Waals surface area contributed by atoms with Crippen LogP contribution in [0.3, 0.4) is 0 Å². The topological polar surface area (TPSA) is 96.2 Å². The van der Waals surface area contributed by atoms with E-state index in [2.05, 4.69) is 32.2 Å². The van der Waals surface area contributed by atoms with Crippen molar-refractivity contribution < 1.29 is 9.59 Å². The third kappa shape index (κ3) is 3.81. The Labute approximate surface area is 207 Å². The van der Waals surface area contributed by atoms with Crippen molar-refractivity contribution in [3.8, 4) is 23.5 Å². The fourth-order valence-electron chi connectivity index (χ4n) is 4.93. The molecule has 0 saturated carbocycles. The minimum Gasteiger partial charge on any atom is -0.343 e. The van der Waals surface area contributed by atoms with Crippen LogP contribution in [0, 0.1) is 12.3 Å². The SMILES string of the molecule is C#CC(=O)Cc1ccc(C(=O)N2CCC(c3cc4c(-c5cnn6ncccc56)ccnc4[nH]3)C2)cc1. The van der Waals surface area contributed by atoms with Crippen LogP contribution < -0.4 is 0 Å². The Morgan fingerprint density at radius 1 is 1.08 bits per heavy atom. The maximum absolute atomic E-state index is 13.1. The molecule has 5 aromatic rings. The highest BCUT2D eigenvalue weighted by molar-refractivity contribution is 5.98. The number of fused-ring (bicyclic) bond motifs is 2. The summed E-state index contributed by atoms with van der Waals surface area (Å²) in [5.74, 6) is 2.02. The first-order valence-electron chi connectivity index (χ1n) is 11.8. The molecule has 6 rings (SSSR count). The molecule has 1 atom stereocenters. The monoisotopic (exact) mass is 474 g/mol. The molecule has 0 bridgehead atoms. The van der Waals surface area contributed by atoms with E-state index in [9.17, 15) is 9.59 Å². The van der Waals surface area contributed by atoms with Crippen molar-refractivity contribution in [3.05, 3.63) is 83.9 Å². The van der Waals surface area contributed by atoms with Gasteiger partial charge >= 0.3 is 0 Å². The van der Waals surface area contributed by atoms with Gasteiger partial charge in [-0.25, -0.2) is 4.98 Å². The van der Waals surface area contributed by atoms with Crippen LogP contribution in [-0.4, -0.2) is 54.5 Å². The number of hydrogen-bond donors (Lipinski definition) is 1. The number of ketones is 1. The summed E-state index contributed by atoms with van der Waals surface area (Å²) in [5.41, 5.74) is 6.26. The minimum absolute atomic E-state index is 0.0129. The lowest BCUT2D eigenvalue weighted by molar-refractivity contribution is -0.113. The number of carbonyl (C=O) groups is 2. The van der Waals surface area contributed by atoms with Crippen LogP contribution in [0.25, 0.3) is 27.7 Å². The Kier molecular flexibility index (Phi) is 5.30. The van der Waals surface area contributed by atoms with Gasteiger partial charge in [0.2, 0.25) is 5.78 Å². The Hall–Kier alpha value is -4.77. The third-order valence-electron chi connectivity index (χ3n) is 6.79. The number of H-pyrrole nitrogens is 1. The smallest absolute Gasteiger partial charge is 0.253 e. The average Bonchev–Trinajstić information content (AvgIpc) is 3.66. The van der Waals surface area contributed by atoms with Crippen LogP contribution in [0.4, 0.5) is 0 Å². The molecule has 8 nitrogen and oxygen atoms in total. The maximum atomic E-state index is 13.1. The number of Topliss-reactive ketones (excluding diaryl/α,β-unsaturated/α-hetero) is 1. The van der Waals surface area contributed by atoms with Gasteiger partial charge in [0.25, 0.3) is 5.91 Å². The minimum atomic E-state index is -0.273. The first-order chi connectivity index (χ1) is 17.6. The van der Waals surface area contributed by atoms with E-state index in [1.165, 1.54) is 0 Å². The largest absolute Gasteiger partial charge is 0.343 e. The van der Waals surface area contributed by atoms with Crippen molar-refractivity contribution >= 4 is 28.2 Å². The van der Waals surface area contributed by atoms with E-state index in [0.717, 1.165) is 45.4 Å². The zero-order valence-corrected chi connectivity index (χ0v) is 19.4. The number of pyridine rings is 1. The van der Waals surface area contributed by atoms with Gasteiger partial charge in [-0.05, 0) is 59.9 Å². The summed E-state index contributed by atoms with van der Waals surface area (Å²) in [6.45, 7) is 1.30. The standard InChI is InChI=1S/C28H22N6O2/c1-2-21(35)14-18-5-7-19(8-6-18)28(36)33-13-10-20(17-33)25-15-23-22(9-12-29-27(23)32-25)24-16-31-34-26(24)4-3-11-30-34/h1,3-9,11-12,15-16,20H,10,13-14,17H2,(H,29,32). The van der Waals surface area contributed by atoms with Crippen LogP contribution in [0.2, 0.25) is 0 Å². The highest BCUT2D eigenvalue weighted by atomic mass is 16.2. The predicted molar refractivity (Wildman–Crippen MR) is 135 cm³/mol. The number of amides is 1. The third-order valence-corrected chi connectivity index (χ3v) is 6.79. The molecule has 36 heavy (non-hydrogen) atoms. The van der Waals surface area contributed by atoms with E-state index >= 15 is 0 Å². The maximum Gasteiger partial charge on any atom is 0.253 e. The van der Waals surface area contributed by atoms with E-state index in [4.69, 9.17) is 6.42 Å². The molecule has 0 radical (unpaired) electrons. The van der Waals surface area contributed by atoms with Gasteiger partial charge in [0.05, 0.1) is 11.7 Å². The second kappa shape index (κ2) is 8.78. The van der Waals surface area contributed by atoms with Crippen molar-refractivity contribution in [2.45, 2.75) is 18.8 Å². The van der Waals surface area contributed by atoms with E-state index in [0.29, 0.717) is 18.7 Å². The summed E-state index contributed by atoms with van der Waals surface area (Å²) in [6, 6.07) is 15.1. The van der Waals surface area contributed by atoms with Crippen LogP contribution >= 0.6 is 0 Å². The van der Waals surface area contributed by atoms with Crippen LogP contribution in [-0.2, 0) is 11.2 Å². The molecule has 0 aliphatic carbocycles. The zero-order chi connectivity index (χ0) is 24.6. The number of nitrogens with one attached hydrogen (secondary N) is 1. The van der Waals surface area contributed by atoms with Crippen molar-refractivity contribution in [2.24, 2.45) is 0 Å². The number of terminal acetylenes is 1. The fraction of sp³-hybridized carbons (Fsp3) is 0.179. The molecule has 1 fully saturated rings. The van der Waals surface area contributed by atoms with Gasteiger partial charge in [0.1, 0.15) is 5.65 Å². The highest BCUT2D eigenvalue weighted by Crippen LogP contribution is 2.34. The van der Waals surface area contributed by atoms with Gasteiger partial charge < -0.3 is 9.88 Å². The molecule has 1 aromatic carbocycles. The Morgan fingerprint density at radius 2 is 1.94 bits per heavy atom. The molecule has 1 N–H and O–H groups in total. The molecular weight excluding hydrogens is 452 g/mol. The summed E-state index contributed by atoms with van der Waals surface area (Å²) < 4.78 is 1.62. The predicted octanol–water partition coefficient (Wildman–Crippen LogP) is 3.65. The number of aromatic nitrogens is 5. The van der Waals surface area contributed by atoms with E-state index in [1.807, 2.05) is 29.3 Å². The second-order valence-corrected chi connectivity index (χ2v) is 8.98. The van der Waals surface area contributed by atoms with Gasteiger partial charge in [0, 0.05) is 60.0 Å². The lowest BCUT2D eigenvalue weighted by Crippen LogP contribution is -2.28. The van der Waals surface area contributed by atoms with Crippen LogP contribution in [0.1, 0.15) is 34.0 Å². The summed E-state index contributed by atoms with van der Waals surface area (Å²) in [6.07, 6.45) is 11.5. The van der Waals surface area contributed by atoms with Crippen molar-refractivity contribution in [3.63, 3.8) is 0 Å². The normalized spacial score (nSPS) is 15.4. The molecule has 1 aliphatic rings. The molecule has 4 aromatic heterocycles. The van der Waals surface area contributed by atoms with E-state index < -0.39 is 0 Å². The highest BCUT2D eigenvalue weighted by Gasteiger charge is 2.29. The van der Waals surface area contributed by atoms with Crippen LogP contribution in [0.5, 0.6) is 0 Å². The summed E-state index contributed by atoms with van der Waals surface area (Å²) >= 11 is 0.